The molecule has 0 saturated carbocycles. The number of hydrogen-bond acceptors (Lipinski definition) is 9. The van der Waals surface area contributed by atoms with Crippen molar-refractivity contribution in [2.45, 2.75) is 6.54 Å². The largest absolute Gasteiger partial charge is 0.378 e. The van der Waals surface area contributed by atoms with Gasteiger partial charge >= 0.3 is 0 Å². The van der Waals surface area contributed by atoms with E-state index in [0.29, 0.717) is 26.4 Å². The summed E-state index contributed by atoms with van der Waals surface area (Å²) in [6.45, 7) is 1.70. The lowest BCUT2D eigenvalue weighted by Gasteiger charge is -2.13. The maximum absolute atomic E-state index is 14.1. The Kier molecular flexibility index (Phi) is 10.2. The number of nitrogens with zero attached hydrogens (tertiary/aromatic N) is 3. The van der Waals surface area contributed by atoms with E-state index in [-0.39, 0.29) is 37.2 Å². The van der Waals surface area contributed by atoms with Crippen LogP contribution in [0.3, 0.4) is 0 Å². The Labute approximate surface area is 207 Å². The highest BCUT2D eigenvalue weighted by Crippen LogP contribution is 2.29. The summed E-state index contributed by atoms with van der Waals surface area (Å²) in [7, 11) is 0. The second-order valence-electron chi connectivity index (χ2n) is 7.26. The van der Waals surface area contributed by atoms with Gasteiger partial charge in [-0.1, -0.05) is 18.2 Å². The molecule has 5 N–H and O–H groups in total. The molecule has 1 aromatic heterocycles. The van der Waals surface area contributed by atoms with Crippen LogP contribution in [0.1, 0.15) is 5.56 Å². The molecule has 0 radical (unpaired) electrons. The summed E-state index contributed by atoms with van der Waals surface area (Å²) in [5.74, 6) is -12.1. The average molecular weight is 531 g/mol. The van der Waals surface area contributed by atoms with Crippen LogP contribution in [0.5, 0.6) is 0 Å². The van der Waals surface area contributed by atoms with Crippen molar-refractivity contribution >= 4 is 23.5 Å². The molecule has 200 valence electrons. The molecule has 0 spiro atoms. The number of ether oxygens (including phenoxy) is 2. The summed E-state index contributed by atoms with van der Waals surface area (Å²) in [6.07, 6.45) is 0. The minimum atomic E-state index is -2.31. The van der Waals surface area contributed by atoms with E-state index in [0.717, 1.165) is 0 Å². The van der Waals surface area contributed by atoms with Crippen molar-refractivity contribution in [3.05, 3.63) is 64.7 Å². The van der Waals surface area contributed by atoms with Crippen molar-refractivity contribution in [2.75, 3.05) is 55.5 Å². The molecule has 1 heterocycles. The third kappa shape index (κ3) is 7.65. The van der Waals surface area contributed by atoms with Gasteiger partial charge in [0.25, 0.3) is 0 Å². The molecule has 0 atom stereocenters. The summed E-state index contributed by atoms with van der Waals surface area (Å²) >= 11 is 0. The van der Waals surface area contributed by atoms with E-state index in [2.05, 4.69) is 25.6 Å². The quantitative estimate of drug-likeness (QED) is 0.107. The molecule has 0 aliphatic carbocycles. The van der Waals surface area contributed by atoms with Gasteiger partial charge in [0.2, 0.25) is 23.7 Å². The number of nitrogens with one attached hydrogen (secondary N) is 3. The number of anilines is 4. The Morgan fingerprint density at radius 1 is 0.676 bits per heavy atom. The van der Waals surface area contributed by atoms with Crippen LogP contribution >= 0.6 is 0 Å². The monoisotopic (exact) mass is 531 g/mol. The maximum atomic E-state index is 14.1. The molecular weight excluding hydrogens is 508 g/mol. The molecule has 3 rings (SSSR count). The van der Waals surface area contributed by atoms with Crippen LogP contribution < -0.4 is 21.7 Å². The molecule has 2 aromatic carbocycles. The average Bonchev–Trinajstić information content (AvgIpc) is 2.90. The smallest absolute Gasteiger partial charge is 0.233 e. The molecule has 0 saturated heterocycles. The molecule has 15 heteroatoms. The molecule has 0 amide bonds. The van der Waals surface area contributed by atoms with Crippen molar-refractivity contribution in [3.8, 4) is 0 Å². The predicted molar refractivity (Wildman–Crippen MR) is 122 cm³/mol. The summed E-state index contributed by atoms with van der Waals surface area (Å²) in [5, 5.41) is 7.51. The topological polar surface area (TPSA) is 119 Å². The molecule has 0 unspecified atom stereocenters. The maximum Gasteiger partial charge on any atom is 0.233 e. The SMILES string of the molecule is NCCOCCOCCNc1nc(NCc2ccccc2F)nc(Nc2c(F)c(F)c(F)c(F)c2F)n1. The number of halogens is 6. The first kappa shape index (κ1) is 27.9. The molecule has 9 nitrogen and oxygen atoms in total. The molecule has 0 aliphatic heterocycles. The molecule has 0 bridgehead atoms. The lowest BCUT2D eigenvalue weighted by atomic mass is 10.2. The van der Waals surface area contributed by atoms with Gasteiger partial charge in [0.15, 0.2) is 23.3 Å². The van der Waals surface area contributed by atoms with Crippen LogP contribution in [0.25, 0.3) is 0 Å². The normalized spacial score (nSPS) is 11.0. The summed E-state index contributed by atoms with van der Waals surface area (Å²) in [5.41, 5.74) is 4.22. The van der Waals surface area contributed by atoms with Gasteiger partial charge in [-0.2, -0.15) is 15.0 Å². The lowest BCUT2D eigenvalue weighted by Crippen LogP contribution is -2.17. The van der Waals surface area contributed by atoms with E-state index in [9.17, 15) is 26.3 Å². The third-order valence-electron chi connectivity index (χ3n) is 4.64. The van der Waals surface area contributed by atoms with Gasteiger partial charge in [-0.05, 0) is 6.07 Å². The van der Waals surface area contributed by atoms with Crippen LogP contribution in [0.15, 0.2) is 24.3 Å². The van der Waals surface area contributed by atoms with E-state index < -0.39 is 46.5 Å². The van der Waals surface area contributed by atoms with Crippen molar-refractivity contribution in [3.63, 3.8) is 0 Å². The zero-order valence-corrected chi connectivity index (χ0v) is 19.3. The highest BCUT2D eigenvalue weighted by atomic mass is 19.2. The van der Waals surface area contributed by atoms with Crippen LogP contribution in [-0.4, -0.2) is 54.5 Å². The number of aromatic nitrogens is 3. The summed E-state index contributed by atoms with van der Waals surface area (Å²) < 4.78 is 93.3. The van der Waals surface area contributed by atoms with Crippen molar-refractivity contribution in [2.24, 2.45) is 5.73 Å². The van der Waals surface area contributed by atoms with Crippen molar-refractivity contribution < 1.29 is 35.8 Å². The van der Waals surface area contributed by atoms with E-state index in [1.165, 1.54) is 18.2 Å². The van der Waals surface area contributed by atoms with Crippen molar-refractivity contribution in [1.82, 2.24) is 15.0 Å². The zero-order chi connectivity index (χ0) is 26.8. The van der Waals surface area contributed by atoms with Gasteiger partial charge < -0.3 is 31.2 Å². The Bertz CT molecular complexity index is 1180. The fourth-order valence-electron chi connectivity index (χ4n) is 2.87. The van der Waals surface area contributed by atoms with Crippen LogP contribution in [0.2, 0.25) is 0 Å². The number of nitrogens with two attached hydrogens (primary N) is 1. The van der Waals surface area contributed by atoms with Crippen LogP contribution in [-0.2, 0) is 16.0 Å². The first-order valence-corrected chi connectivity index (χ1v) is 10.9. The minimum absolute atomic E-state index is 0.0794. The first-order chi connectivity index (χ1) is 17.8. The van der Waals surface area contributed by atoms with Gasteiger partial charge in [0.1, 0.15) is 11.5 Å². The fraction of sp³-hybridized carbons (Fsp3) is 0.318. The van der Waals surface area contributed by atoms with Crippen LogP contribution in [0.4, 0.5) is 49.9 Å². The Morgan fingerprint density at radius 2 is 1.24 bits per heavy atom. The fourth-order valence-corrected chi connectivity index (χ4v) is 2.87. The van der Waals surface area contributed by atoms with Gasteiger partial charge in [-0.25, -0.2) is 26.3 Å². The second-order valence-corrected chi connectivity index (χ2v) is 7.26. The second kappa shape index (κ2) is 13.6. The van der Waals surface area contributed by atoms with E-state index >= 15 is 0 Å². The Balaban J connectivity index is 1.77. The van der Waals surface area contributed by atoms with Crippen LogP contribution in [0, 0.1) is 34.9 Å². The van der Waals surface area contributed by atoms with E-state index in [1.54, 1.807) is 6.07 Å². The lowest BCUT2D eigenvalue weighted by molar-refractivity contribution is 0.0547. The zero-order valence-electron chi connectivity index (χ0n) is 19.3. The predicted octanol–water partition coefficient (Wildman–Crippen LogP) is 3.47. The third-order valence-corrected chi connectivity index (χ3v) is 4.64. The Morgan fingerprint density at radius 3 is 1.89 bits per heavy atom. The Hall–Kier alpha value is -3.69. The number of hydrogen-bond donors (Lipinski definition) is 4. The molecule has 0 aliphatic rings. The summed E-state index contributed by atoms with van der Waals surface area (Å²) in [4.78, 5) is 11.9. The molecule has 37 heavy (non-hydrogen) atoms. The van der Waals surface area contributed by atoms with Crippen molar-refractivity contribution in [1.29, 1.82) is 0 Å². The highest BCUT2D eigenvalue weighted by Gasteiger charge is 2.26. The van der Waals surface area contributed by atoms with Gasteiger partial charge in [0, 0.05) is 25.2 Å². The molecule has 3 aromatic rings. The number of rotatable bonds is 14. The highest BCUT2D eigenvalue weighted by molar-refractivity contribution is 5.58. The first-order valence-electron chi connectivity index (χ1n) is 10.9. The molecular formula is C22H23F6N7O2. The minimum Gasteiger partial charge on any atom is -0.378 e. The van der Waals surface area contributed by atoms with E-state index in [1.807, 2.05) is 5.32 Å². The summed E-state index contributed by atoms with van der Waals surface area (Å²) in [6, 6.07) is 5.86. The van der Waals surface area contributed by atoms with E-state index in [4.69, 9.17) is 15.2 Å². The molecule has 0 fully saturated rings. The standard InChI is InChI=1S/C22H23F6N7O2/c23-13-4-2-1-3-12(13)11-31-21-33-20(30-6-8-37-10-9-36-7-5-29)34-22(35-21)32-19-17(27)15(25)14(24)16(26)18(19)28/h1-4H,5-11,29H2,(H3,30,31,32,33,34,35). The van der Waals surface area contributed by atoms with Gasteiger partial charge in [0.05, 0.1) is 26.4 Å². The van der Waals surface area contributed by atoms with Gasteiger partial charge in [-0.3, -0.25) is 0 Å². The number of benzene rings is 2. The van der Waals surface area contributed by atoms with Gasteiger partial charge in [-0.15, -0.1) is 0 Å².